The Morgan fingerprint density at radius 1 is 0.386 bits per heavy atom. The fraction of sp³-hybridized carbons (Fsp3) is 0. The van der Waals surface area contributed by atoms with E-state index in [9.17, 15) is 5.26 Å². The first kappa shape index (κ1) is 41.1. The van der Waals surface area contributed by atoms with E-state index >= 15 is 0 Å². The fourth-order valence-electron chi connectivity index (χ4n) is 9.75. The van der Waals surface area contributed by atoms with Crippen molar-refractivity contribution in [2.24, 2.45) is 0 Å². The number of benzene rings is 9. The average molecular weight is 891 g/mol. The second-order valence-corrected chi connectivity index (χ2v) is 17.0. The molecule has 8 nitrogen and oxygen atoms in total. The van der Waals surface area contributed by atoms with E-state index in [-0.39, 0.29) is 0 Å². The van der Waals surface area contributed by atoms with Crippen molar-refractivity contribution in [1.82, 2.24) is 19.1 Å². The molecule has 322 valence electrons. The normalized spacial score (nSPS) is 11.1. The maximum Gasteiger partial charge on any atom is 0.195 e. The summed E-state index contributed by atoms with van der Waals surface area (Å²) in [6.07, 6.45) is 0. The van der Waals surface area contributed by atoms with Gasteiger partial charge in [-0.05, 0) is 107 Å². The number of hydrogen-bond acceptors (Lipinski definition) is 3. The number of hydrogen-bond donors (Lipinski definition) is 0. The molecule has 0 fully saturated rings. The molecule has 0 N–H and O–H groups in total. The molecule has 70 heavy (non-hydrogen) atoms. The highest BCUT2D eigenvalue weighted by atomic mass is 15.0. The van der Waals surface area contributed by atoms with Gasteiger partial charge < -0.3 is 9.13 Å². The van der Waals surface area contributed by atoms with Crippen molar-refractivity contribution in [2.45, 2.75) is 0 Å². The van der Waals surface area contributed by atoms with Crippen LogP contribution in [0.4, 0.5) is 17.1 Å². The lowest BCUT2D eigenvalue weighted by atomic mass is 9.93. The highest BCUT2D eigenvalue weighted by Gasteiger charge is 2.19. The van der Waals surface area contributed by atoms with Gasteiger partial charge in [-0.25, -0.2) is 24.5 Å². The minimum atomic E-state index is 0.439. The standard InChI is InChI=1S/C62H34N8/c1-64-45-14-10-12-42(32-45)56-37-55(67-62(68-56)43-13-11-15-46(33-43)65-2)41-24-22-39(23-25-41)52-36-57(66-3)53(34-44(52)38-63)40-26-28-47(29-27-40)69-60-21-9-6-18-51(60)54-35-48(30-31-61(54)69)70-58-19-7-4-16-49(58)50-17-5-8-20-59(50)70/h4-37H. The van der Waals surface area contributed by atoms with Crippen molar-refractivity contribution >= 4 is 60.7 Å². The van der Waals surface area contributed by atoms with Crippen LogP contribution >= 0.6 is 0 Å². The molecule has 12 rings (SSSR count). The summed E-state index contributed by atoms with van der Waals surface area (Å²) in [7, 11) is 0. The largest absolute Gasteiger partial charge is 0.309 e. The molecule has 0 aliphatic heterocycles. The zero-order valence-corrected chi connectivity index (χ0v) is 37.2. The second-order valence-electron chi connectivity index (χ2n) is 17.0. The summed E-state index contributed by atoms with van der Waals surface area (Å²) in [4.78, 5) is 21.0. The minimum Gasteiger partial charge on any atom is -0.309 e. The first-order chi connectivity index (χ1) is 34.5. The Labute approximate surface area is 402 Å². The monoisotopic (exact) mass is 890 g/mol. The molecule has 0 aliphatic carbocycles. The van der Waals surface area contributed by atoms with E-state index in [1.165, 1.54) is 10.8 Å². The number of nitrogens with zero attached hydrogens (tertiary/aromatic N) is 8. The van der Waals surface area contributed by atoms with Crippen LogP contribution < -0.4 is 0 Å². The quantitative estimate of drug-likeness (QED) is 0.150. The van der Waals surface area contributed by atoms with E-state index in [0.717, 1.165) is 66.5 Å². The van der Waals surface area contributed by atoms with Gasteiger partial charge in [0.15, 0.2) is 22.9 Å². The molecule has 3 heterocycles. The van der Waals surface area contributed by atoms with Gasteiger partial charge in [0.1, 0.15) is 0 Å². The van der Waals surface area contributed by atoms with Gasteiger partial charge in [-0.15, -0.1) is 0 Å². The maximum atomic E-state index is 10.6. The lowest BCUT2D eigenvalue weighted by Crippen LogP contribution is -1.96. The Kier molecular flexibility index (Phi) is 9.86. The van der Waals surface area contributed by atoms with E-state index in [1.807, 2.05) is 72.8 Å². The Bertz CT molecular complexity index is 4150. The fourth-order valence-corrected chi connectivity index (χ4v) is 9.75. The van der Waals surface area contributed by atoms with E-state index in [0.29, 0.717) is 56.5 Å². The zero-order valence-electron chi connectivity index (χ0n) is 37.2. The van der Waals surface area contributed by atoms with Crippen molar-refractivity contribution < 1.29 is 0 Å². The molecule has 0 bridgehead atoms. The molecule has 0 amide bonds. The predicted molar refractivity (Wildman–Crippen MR) is 281 cm³/mol. The van der Waals surface area contributed by atoms with Crippen LogP contribution in [0.1, 0.15) is 5.56 Å². The number of aromatic nitrogens is 4. The van der Waals surface area contributed by atoms with Crippen LogP contribution in [0.3, 0.4) is 0 Å². The first-order valence-electron chi connectivity index (χ1n) is 22.5. The topological polar surface area (TPSA) is 72.5 Å². The van der Waals surface area contributed by atoms with Gasteiger partial charge in [-0.1, -0.05) is 127 Å². The Morgan fingerprint density at radius 3 is 1.50 bits per heavy atom. The Morgan fingerprint density at radius 2 is 0.886 bits per heavy atom. The van der Waals surface area contributed by atoms with Crippen molar-refractivity contribution in [2.75, 3.05) is 0 Å². The third-order valence-electron chi connectivity index (χ3n) is 13.0. The number of para-hydroxylation sites is 3. The number of nitriles is 1. The summed E-state index contributed by atoms with van der Waals surface area (Å²) in [5, 5.41) is 15.3. The molecule has 0 unspecified atom stereocenters. The van der Waals surface area contributed by atoms with Gasteiger partial charge in [-0.2, -0.15) is 5.26 Å². The van der Waals surface area contributed by atoms with Crippen LogP contribution in [-0.2, 0) is 0 Å². The summed E-state index contributed by atoms with van der Waals surface area (Å²) >= 11 is 0. The minimum absolute atomic E-state index is 0.439. The number of rotatable bonds is 7. The third-order valence-corrected chi connectivity index (χ3v) is 13.0. The van der Waals surface area contributed by atoms with Crippen LogP contribution in [0.15, 0.2) is 206 Å². The smallest absolute Gasteiger partial charge is 0.195 e. The van der Waals surface area contributed by atoms with Gasteiger partial charge in [0.25, 0.3) is 0 Å². The molecule has 0 saturated heterocycles. The van der Waals surface area contributed by atoms with Gasteiger partial charge in [0, 0.05) is 44.0 Å². The van der Waals surface area contributed by atoms with Crippen LogP contribution in [0.25, 0.3) is 126 Å². The molecule has 8 heteroatoms. The van der Waals surface area contributed by atoms with Gasteiger partial charge in [0.2, 0.25) is 0 Å². The summed E-state index contributed by atoms with van der Waals surface area (Å²) in [6, 6.07) is 70.7. The summed E-state index contributed by atoms with van der Waals surface area (Å²) in [5.41, 5.74) is 15.0. The molecule has 9 aromatic carbocycles. The van der Waals surface area contributed by atoms with Crippen molar-refractivity contribution in [3.8, 4) is 73.6 Å². The van der Waals surface area contributed by atoms with Crippen molar-refractivity contribution in [1.29, 1.82) is 5.26 Å². The van der Waals surface area contributed by atoms with Crippen molar-refractivity contribution in [3.05, 3.63) is 246 Å². The maximum absolute atomic E-state index is 10.6. The second kappa shape index (κ2) is 16.8. The van der Waals surface area contributed by atoms with Crippen LogP contribution in [-0.4, -0.2) is 19.1 Å². The van der Waals surface area contributed by atoms with E-state index < -0.39 is 0 Å². The molecule has 12 aromatic rings. The molecule has 3 aromatic heterocycles. The molecular formula is C62H34N8. The zero-order chi connectivity index (χ0) is 47.3. The highest BCUT2D eigenvalue weighted by molar-refractivity contribution is 6.12. The summed E-state index contributed by atoms with van der Waals surface area (Å²) in [6.45, 7) is 23.4. The molecule has 0 spiro atoms. The molecule has 0 radical (unpaired) electrons. The third kappa shape index (κ3) is 6.90. The van der Waals surface area contributed by atoms with Gasteiger partial charge in [0.05, 0.1) is 64.8 Å². The molecule has 0 saturated carbocycles. The summed E-state index contributed by atoms with van der Waals surface area (Å²) < 4.78 is 4.64. The Hall–Kier alpha value is -10.4. The van der Waals surface area contributed by atoms with Gasteiger partial charge >= 0.3 is 0 Å². The molecule has 0 aliphatic rings. The van der Waals surface area contributed by atoms with E-state index in [2.05, 4.69) is 133 Å². The van der Waals surface area contributed by atoms with Crippen molar-refractivity contribution in [3.63, 3.8) is 0 Å². The summed E-state index contributed by atoms with van der Waals surface area (Å²) in [5.74, 6) is 0.451. The average Bonchev–Trinajstić information content (AvgIpc) is 3.95. The number of fused-ring (bicyclic) bond motifs is 6. The van der Waals surface area contributed by atoms with Crippen LogP contribution in [0, 0.1) is 31.0 Å². The lowest BCUT2D eigenvalue weighted by molar-refractivity contribution is 1.17. The van der Waals surface area contributed by atoms with E-state index in [4.69, 9.17) is 29.7 Å². The molecule has 0 atom stereocenters. The lowest BCUT2D eigenvalue weighted by Gasteiger charge is -2.13. The highest BCUT2D eigenvalue weighted by Crippen LogP contribution is 2.41. The Balaban J connectivity index is 0.888. The van der Waals surface area contributed by atoms with Gasteiger partial charge in [-0.3, -0.25) is 0 Å². The van der Waals surface area contributed by atoms with Crippen LogP contribution in [0.5, 0.6) is 0 Å². The van der Waals surface area contributed by atoms with E-state index in [1.54, 1.807) is 30.3 Å². The SMILES string of the molecule is [C-]#[N+]c1cccc(-c2cc(-c3ccc(-c4cc([N+]#[C-])c(-c5ccc(-n6c7ccccc7c7cc(-n8c9ccccc9c9ccccc98)ccc76)cc5)cc4C#N)cc3)nc(-c3cccc([N+]#[C-])c3)n2)c1. The molecular weight excluding hydrogens is 857 g/mol. The first-order valence-corrected chi connectivity index (χ1v) is 22.5. The predicted octanol–water partition coefficient (Wildman–Crippen LogP) is 16.5. The van der Waals surface area contributed by atoms with Crippen LogP contribution in [0.2, 0.25) is 0 Å².